The van der Waals surface area contributed by atoms with Gasteiger partial charge in [-0.25, -0.2) is 13.1 Å². The van der Waals surface area contributed by atoms with Crippen molar-refractivity contribution in [1.29, 1.82) is 0 Å². The molecule has 0 heterocycles. The molecule has 2 N–H and O–H groups in total. The molecule has 0 aromatic heterocycles. The monoisotopic (exact) mass is 316 g/mol. The van der Waals surface area contributed by atoms with Crippen molar-refractivity contribution in [2.24, 2.45) is 0 Å². The molecule has 1 aromatic rings. The van der Waals surface area contributed by atoms with Crippen molar-refractivity contribution in [3.63, 3.8) is 0 Å². The van der Waals surface area contributed by atoms with Crippen molar-refractivity contribution < 1.29 is 8.42 Å². The predicted octanol–water partition coefficient (Wildman–Crippen LogP) is 2.22. The van der Waals surface area contributed by atoms with Gasteiger partial charge in [0.1, 0.15) is 0 Å². The summed E-state index contributed by atoms with van der Waals surface area (Å²) in [5, 5.41) is 3.17. The van der Waals surface area contributed by atoms with Gasteiger partial charge in [0.05, 0.1) is 4.90 Å². The number of unbranched alkanes of at least 4 members (excludes halogenated alkanes) is 1. The first kappa shape index (κ1) is 17.5. The van der Waals surface area contributed by atoms with Gasteiger partial charge in [-0.2, -0.15) is 11.8 Å². The molecular formula is C14H24N2O2S2. The van der Waals surface area contributed by atoms with Crippen LogP contribution >= 0.6 is 11.8 Å². The lowest BCUT2D eigenvalue weighted by atomic mass is 10.2. The molecule has 0 spiro atoms. The van der Waals surface area contributed by atoms with Crippen LogP contribution in [0.3, 0.4) is 0 Å². The van der Waals surface area contributed by atoms with E-state index in [1.54, 1.807) is 23.9 Å². The maximum Gasteiger partial charge on any atom is 0.240 e. The molecule has 0 saturated carbocycles. The van der Waals surface area contributed by atoms with E-state index in [4.69, 9.17) is 0 Å². The molecule has 0 bridgehead atoms. The third-order valence-corrected chi connectivity index (χ3v) is 5.15. The highest BCUT2D eigenvalue weighted by Crippen LogP contribution is 2.15. The van der Waals surface area contributed by atoms with Gasteiger partial charge in [-0.3, -0.25) is 0 Å². The Labute approximate surface area is 126 Å². The average Bonchev–Trinajstić information content (AvgIpc) is 2.45. The fraction of sp³-hybridized carbons (Fsp3) is 0.571. The van der Waals surface area contributed by atoms with Crippen LogP contribution in [0, 0.1) is 0 Å². The van der Waals surface area contributed by atoms with Gasteiger partial charge in [0.2, 0.25) is 10.0 Å². The normalized spacial score (nSPS) is 11.7. The van der Waals surface area contributed by atoms with Crippen LogP contribution in [-0.2, 0) is 16.6 Å². The van der Waals surface area contributed by atoms with Crippen molar-refractivity contribution in [2.75, 3.05) is 25.1 Å². The van der Waals surface area contributed by atoms with Gasteiger partial charge in [0.25, 0.3) is 0 Å². The predicted molar refractivity (Wildman–Crippen MR) is 86.6 cm³/mol. The molecule has 0 unspecified atom stereocenters. The highest BCUT2D eigenvalue weighted by Gasteiger charge is 2.16. The Morgan fingerprint density at radius 3 is 2.65 bits per heavy atom. The minimum atomic E-state index is -3.41. The average molecular weight is 316 g/mol. The fourth-order valence-electron chi connectivity index (χ4n) is 1.83. The summed E-state index contributed by atoms with van der Waals surface area (Å²) in [5.41, 5.74) is 0.811. The SMILES string of the molecule is CCNCc1ccccc1S(=O)(=O)NCCCCSC. The quantitative estimate of drug-likeness (QED) is 0.650. The van der Waals surface area contributed by atoms with E-state index in [2.05, 4.69) is 16.3 Å². The van der Waals surface area contributed by atoms with Crippen molar-refractivity contribution >= 4 is 21.8 Å². The zero-order valence-corrected chi connectivity index (χ0v) is 13.8. The largest absolute Gasteiger partial charge is 0.313 e. The molecule has 20 heavy (non-hydrogen) atoms. The summed E-state index contributed by atoms with van der Waals surface area (Å²) in [7, 11) is -3.41. The minimum absolute atomic E-state index is 0.380. The van der Waals surface area contributed by atoms with Crippen molar-refractivity contribution in [2.45, 2.75) is 31.2 Å². The molecule has 0 atom stereocenters. The first-order chi connectivity index (χ1) is 9.61. The van der Waals surface area contributed by atoms with Gasteiger partial charge in [0.15, 0.2) is 0 Å². The van der Waals surface area contributed by atoms with Crippen LogP contribution < -0.4 is 10.0 Å². The van der Waals surface area contributed by atoms with Gasteiger partial charge >= 0.3 is 0 Å². The second-order valence-electron chi connectivity index (χ2n) is 4.49. The Balaban J connectivity index is 2.66. The van der Waals surface area contributed by atoms with Crippen LogP contribution in [-0.4, -0.2) is 33.5 Å². The highest BCUT2D eigenvalue weighted by atomic mass is 32.2. The zero-order valence-electron chi connectivity index (χ0n) is 12.2. The van der Waals surface area contributed by atoms with E-state index < -0.39 is 10.0 Å². The molecule has 0 aliphatic rings. The topological polar surface area (TPSA) is 58.2 Å². The second-order valence-corrected chi connectivity index (χ2v) is 7.21. The van der Waals surface area contributed by atoms with Crippen LogP contribution in [0.4, 0.5) is 0 Å². The van der Waals surface area contributed by atoms with Gasteiger partial charge in [-0.1, -0.05) is 25.1 Å². The lowest BCUT2D eigenvalue weighted by molar-refractivity contribution is 0.576. The van der Waals surface area contributed by atoms with E-state index in [-0.39, 0.29) is 0 Å². The van der Waals surface area contributed by atoms with Crippen LogP contribution in [0.1, 0.15) is 25.3 Å². The molecule has 114 valence electrons. The van der Waals surface area contributed by atoms with Crippen LogP contribution in [0.2, 0.25) is 0 Å². The van der Waals surface area contributed by atoms with Crippen LogP contribution in [0.15, 0.2) is 29.2 Å². The number of rotatable bonds is 10. The molecule has 0 aliphatic carbocycles. The van der Waals surface area contributed by atoms with E-state index in [1.165, 1.54) is 0 Å². The smallest absolute Gasteiger partial charge is 0.240 e. The summed E-state index contributed by atoms with van der Waals surface area (Å²) < 4.78 is 27.3. The lowest BCUT2D eigenvalue weighted by Gasteiger charge is -2.11. The van der Waals surface area contributed by atoms with Crippen molar-refractivity contribution in [3.05, 3.63) is 29.8 Å². The van der Waals surface area contributed by atoms with E-state index in [9.17, 15) is 8.42 Å². The lowest BCUT2D eigenvalue weighted by Crippen LogP contribution is -2.26. The Morgan fingerprint density at radius 2 is 1.95 bits per heavy atom. The molecule has 0 amide bonds. The van der Waals surface area contributed by atoms with Crippen molar-refractivity contribution in [3.8, 4) is 0 Å². The Bertz CT molecular complexity index is 490. The summed E-state index contributed by atoms with van der Waals surface area (Å²) in [6, 6.07) is 7.14. The number of hydrogen-bond acceptors (Lipinski definition) is 4. The highest BCUT2D eigenvalue weighted by molar-refractivity contribution is 7.98. The van der Waals surface area contributed by atoms with E-state index in [0.29, 0.717) is 18.0 Å². The summed E-state index contributed by atoms with van der Waals surface area (Å²) >= 11 is 1.78. The first-order valence-electron chi connectivity index (χ1n) is 6.89. The number of thioether (sulfide) groups is 1. The summed E-state index contributed by atoms with van der Waals surface area (Å²) in [6.45, 7) is 3.89. The fourth-order valence-corrected chi connectivity index (χ4v) is 3.63. The van der Waals surface area contributed by atoms with Gasteiger partial charge in [-0.15, -0.1) is 0 Å². The number of benzene rings is 1. The third kappa shape index (κ3) is 5.83. The molecular weight excluding hydrogens is 292 g/mol. The molecule has 1 aromatic carbocycles. The zero-order chi connectivity index (χ0) is 14.8. The number of hydrogen-bond donors (Lipinski definition) is 2. The second kappa shape index (κ2) is 9.39. The molecule has 6 heteroatoms. The van der Waals surface area contributed by atoms with E-state index in [0.717, 1.165) is 30.7 Å². The standard InChI is InChI=1S/C14H24N2O2S2/c1-3-15-12-13-8-4-5-9-14(13)20(17,18)16-10-6-7-11-19-2/h4-5,8-9,15-16H,3,6-7,10-12H2,1-2H3. The van der Waals surface area contributed by atoms with Gasteiger partial charge < -0.3 is 5.32 Å². The molecule has 0 fully saturated rings. The number of nitrogens with one attached hydrogen (secondary N) is 2. The summed E-state index contributed by atoms with van der Waals surface area (Å²) in [4.78, 5) is 0.380. The maximum absolute atomic E-state index is 12.3. The molecule has 0 saturated heterocycles. The summed E-state index contributed by atoms with van der Waals surface area (Å²) in [5.74, 6) is 1.07. The molecule has 4 nitrogen and oxygen atoms in total. The Kier molecular flexibility index (Phi) is 8.21. The van der Waals surface area contributed by atoms with Crippen LogP contribution in [0.5, 0.6) is 0 Å². The van der Waals surface area contributed by atoms with Gasteiger partial charge in [0, 0.05) is 13.1 Å². The third-order valence-electron chi connectivity index (χ3n) is 2.89. The molecule has 0 aliphatic heterocycles. The first-order valence-corrected chi connectivity index (χ1v) is 9.76. The Morgan fingerprint density at radius 1 is 1.20 bits per heavy atom. The van der Waals surface area contributed by atoms with Gasteiger partial charge in [-0.05, 0) is 43.0 Å². The van der Waals surface area contributed by atoms with E-state index >= 15 is 0 Å². The van der Waals surface area contributed by atoms with Crippen molar-refractivity contribution in [1.82, 2.24) is 10.0 Å². The van der Waals surface area contributed by atoms with Crippen LogP contribution in [0.25, 0.3) is 0 Å². The minimum Gasteiger partial charge on any atom is -0.313 e. The molecule has 1 rings (SSSR count). The van der Waals surface area contributed by atoms with E-state index in [1.807, 2.05) is 19.1 Å². The Hall–Kier alpha value is -0.560. The molecule has 0 radical (unpaired) electrons. The maximum atomic E-state index is 12.3. The number of sulfonamides is 1. The summed E-state index contributed by atoms with van der Waals surface area (Å²) in [6.07, 6.45) is 3.96.